The second-order valence-electron chi connectivity index (χ2n) is 8.94. The van der Waals surface area contributed by atoms with Gasteiger partial charge in [-0.25, -0.2) is 0 Å². The third-order valence-corrected chi connectivity index (χ3v) is 6.98. The van der Waals surface area contributed by atoms with Gasteiger partial charge in [0.1, 0.15) is 5.75 Å². The van der Waals surface area contributed by atoms with Crippen molar-refractivity contribution in [3.05, 3.63) is 23.3 Å². The van der Waals surface area contributed by atoms with Crippen molar-refractivity contribution in [3.8, 4) is 17.2 Å². The lowest BCUT2D eigenvalue weighted by Crippen LogP contribution is -2.47. The molecule has 3 atom stereocenters. The normalized spacial score (nSPS) is 33.1. The fourth-order valence-corrected chi connectivity index (χ4v) is 5.67. The molecular formula is C22H32O3. The van der Waals surface area contributed by atoms with Gasteiger partial charge in [-0.2, -0.15) is 0 Å². The number of allylic oxidation sites excluding steroid dienone is 1. The van der Waals surface area contributed by atoms with E-state index in [0.717, 1.165) is 0 Å². The first-order valence-corrected chi connectivity index (χ1v) is 9.51. The molecule has 0 heterocycles. The molecule has 0 radical (unpaired) electrons. The van der Waals surface area contributed by atoms with Gasteiger partial charge in [0.25, 0.3) is 0 Å². The highest BCUT2D eigenvalue weighted by Gasteiger charge is 2.51. The Hall–Kier alpha value is -1.64. The van der Waals surface area contributed by atoms with Crippen molar-refractivity contribution >= 4 is 6.08 Å². The molecule has 2 fully saturated rings. The topological polar surface area (TPSA) is 49.7 Å². The third kappa shape index (κ3) is 2.92. The maximum atomic E-state index is 10.4. The number of fused-ring (bicyclic) bond motifs is 1. The van der Waals surface area contributed by atoms with Crippen LogP contribution in [0.1, 0.15) is 65.4 Å². The van der Waals surface area contributed by atoms with Crippen LogP contribution in [0.15, 0.2) is 17.7 Å². The molecule has 25 heavy (non-hydrogen) atoms. The van der Waals surface area contributed by atoms with Crippen molar-refractivity contribution in [2.45, 2.75) is 59.8 Å². The smallest absolute Gasteiger partial charge is 0.168 e. The van der Waals surface area contributed by atoms with Crippen LogP contribution in [-0.2, 0) is 0 Å². The molecule has 2 N–H and O–H groups in total. The van der Waals surface area contributed by atoms with Crippen molar-refractivity contribution in [2.75, 3.05) is 7.11 Å². The first-order chi connectivity index (χ1) is 11.7. The minimum Gasteiger partial charge on any atom is -0.504 e. The number of aromatic hydroxyl groups is 2. The molecule has 0 amide bonds. The number of phenolic OH excluding ortho intramolecular Hbond substituents is 2. The molecule has 3 nitrogen and oxygen atoms in total. The van der Waals surface area contributed by atoms with Gasteiger partial charge in [-0.05, 0) is 66.6 Å². The van der Waals surface area contributed by atoms with Gasteiger partial charge in [-0.1, -0.05) is 39.7 Å². The molecule has 0 aliphatic heterocycles. The lowest BCUT2D eigenvalue weighted by atomic mass is 9.48. The van der Waals surface area contributed by atoms with Crippen LogP contribution in [0.5, 0.6) is 17.2 Å². The molecule has 0 spiro atoms. The molecular weight excluding hydrogens is 312 g/mol. The van der Waals surface area contributed by atoms with E-state index in [1.165, 1.54) is 43.7 Å². The van der Waals surface area contributed by atoms with Gasteiger partial charge >= 0.3 is 0 Å². The minimum absolute atomic E-state index is 0.0835. The molecule has 2 aliphatic carbocycles. The summed E-state index contributed by atoms with van der Waals surface area (Å²) in [6, 6.07) is 3.20. The number of ether oxygens (including phenoxy) is 1. The number of hydrogen-bond acceptors (Lipinski definition) is 3. The Balaban J connectivity index is 2.14. The average Bonchev–Trinajstić information content (AvgIpc) is 2.54. The van der Waals surface area contributed by atoms with E-state index >= 15 is 0 Å². The monoisotopic (exact) mass is 344 g/mol. The van der Waals surface area contributed by atoms with Crippen molar-refractivity contribution in [3.63, 3.8) is 0 Å². The molecule has 0 bridgehead atoms. The van der Waals surface area contributed by atoms with Crippen molar-refractivity contribution in [1.82, 2.24) is 0 Å². The number of benzene rings is 1. The van der Waals surface area contributed by atoms with Gasteiger partial charge in [0, 0.05) is 0 Å². The molecule has 3 rings (SSSR count). The SMILES string of the molecule is COc1ccc(O)c(O)c1/C=C1/[C@@H](C)CC[C@H]2C(C)(C)CCC[C@]12C. The van der Waals surface area contributed by atoms with Gasteiger partial charge in [0.15, 0.2) is 11.5 Å². The number of rotatable bonds is 2. The van der Waals surface area contributed by atoms with Gasteiger partial charge in [0.05, 0.1) is 12.7 Å². The van der Waals surface area contributed by atoms with Crippen LogP contribution in [0, 0.1) is 22.7 Å². The number of hydrogen-bond donors (Lipinski definition) is 2. The van der Waals surface area contributed by atoms with Crippen LogP contribution in [-0.4, -0.2) is 17.3 Å². The standard InChI is InChI=1S/C22H32O3/c1-14-7-10-19-21(2,3)11-6-12-22(19,4)16(14)13-15-18(25-5)9-8-17(23)20(15)24/h8-9,13-14,19,23-24H,6-7,10-12H2,1-5H3/b16-13-/t14-,19-,22+/m0/s1. The van der Waals surface area contributed by atoms with Gasteiger partial charge < -0.3 is 14.9 Å². The maximum Gasteiger partial charge on any atom is 0.168 e. The van der Waals surface area contributed by atoms with Crippen molar-refractivity contribution < 1.29 is 14.9 Å². The van der Waals surface area contributed by atoms with E-state index < -0.39 is 0 Å². The predicted octanol–water partition coefficient (Wildman–Crippen LogP) is 5.75. The first kappa shape index (κ1) is 18.2. The Morgan fingerprint density at radius 3 is 2.52 bits per heavy atom. The van der Waals surface area contributed by atoms with Crippen LogP contribution >= 0.6 is 0 Å². The minimum atomic E-state index is -0.0956. The molecule has 0 aromatic heterocycles. The first-order valence-electron chi connectivity index (χ1n) is 9.51. The largest absolute Gasteiger partial charge is 0.504 e. The molecule has 138 valence electrons. The van der Waals surface area contributed by atoms with Crippen LogP contribution < -0.4 is 4.74 Å². The van der Waals surface area contributed by atoms with Crippen LogP contribution in [0.25, 0.3) is 6.08 Å². The summed E-state index contributed by atoms with van der Waals surface area (Å²) < 4.78 is 5.45. The Morgan fingerprint density at radius 1 is 1.12 bits per heavy atom. The summed E-state index contributed by atoms with van der Waals surface area (Å²) in [4.78, 5) is 0. The summed E-state index contributed by atoms with van der Waals surface area (Å²) in [6.07, 6.45) is 8.27. The number of phenols is 2. The van der Waals surface area contributed by atoms with E-state index in [0.29, 0.717) is 28.6 Å². The fourth-order valence-electron chi connectivity index (χ4n) is 5.67. The third-order valence-electron chi connectivity index (χ3n) is 6.98. The van der Waals surface area contributed by atoms with Crippen LogP contribution in [0.2, 0.25) is 0 Å². The van der Waals surface area contributed by atoms with E-state index in [-0.39, 0.29) is 16.9 Å². The zero-order chi connectivity index (χ0) is 18.4. The van der Waals surface area contributed by atoms with Crippen LogP contribution in [0.4, 0.5) is 0 Å². The molecule has 0 unspecified atom stereocenters. The summed E-state index contributed by atoms with van der Waals surface area (Å²) >= 11 is 0. The van der Waals surface area contributed by atoms with Crippen molar-refractivity contribution in [2.24, 2.45) is 22.7 Å². The molecule has 2 aliphatic rings. The molecule has 2 saturated carbocycles. The highest BCUT2D eigenvalue weighted by Crippen LogP contribution is 2.61. The molecule has 1 aromatic carbocycles. The Bertz CT molecular complexity index is 689. The average molecular weight is 344 g/mol. The summed E-state index contributed by atoms with van der Waals surface area (Å²) in [5, 5.41) is 20.4. The maximum absolute atomic E-state index is 10.4. The molecule has 3 heteroatoms. The Kier molecular flexibility index (Phi) is 4.55. The lowest BCUT2D eigenvalue weighted by molar-refractivity contribution is -0.00535. The molecule has 0 saturated heterocycles. The van der Waals surface area contributed by atoms with E-state index in [9.17, 15) is 10.2 Å². The molecule has 1 aromatic rings. The summed E-state index contributed by atoms with van der Waals surface area (Å²) in [5.74, 6) is 1.56. The second kappa shape index (κ2) is 6.26. The summed E-state index contributed by atoms with van der Waals surface area (Å²) in [5.41, 5.74) is 2.49. The summed E-state index contributed by atoms with van der Waals surface area (Å²) in [7, 11) is 1.60. The van der Waals surface area contributed by atoms with E-state index in [2.05, 4.69) is 33.8 Å². The summed E-state index contributed by atoms with van der Waals surface area (Å²) in [6.45, 7) is 9.53. The van der Waals surface area contributed by atoms with Crippen molar-refractivity contribution in [1.29, 1.82) is 0 Å². The fraction of sp³-hybridized carbons (Fsp3) is 0.636. The predicted molar refractivity (Wildman–Crippen MR) is 102 cm³/mol. The zero-order valence-electron chi connectivity index (χ0n) is 16.2. The highest BCUT2D eigenvalue weighted by atomic mass is 16.5. The van der Waals surface area contributed by atoms with Gasteiger partial charge in [-0.3, -0.25) is 0 Å². The highest BCUT2D eigenvalue weighted by molar-refractivity contribution is 5.70. The lowest BCUT2D eigenvalue weighted by Gasteiger charge is -2.56. The van der Waals surface area contributed by atoms with E-state index in [1.54, 1.807) is 13.2 Å². The van der Waals surface area contributed by atoms with E-state index in [1.807, 2.05) is 0 Å². The Morgan fingerprint density at radius 2 is 1.84 bits per heavy atom. The zero-order valence-corrected chi connectivity index (χ0v) is 16.2. The second-order valence-corrected chi connectivity index (χ2v) is 8.94. The Labute approximate surface area is 151 Å². The quantitative estimate of drug-likeness (QED) is 0.671. The van der Waals surface area contributed by atoms with Gasteiger partial charge in [0.2, 0.25) is 0 Å². The van der Waals surface area contributed by atoms with E-state index in [4.69, 9.17) is 4.74 Å². The van der Waals surface area contributed by atoms with Crippen LogP contribution in [0.3, 0.4) is 0 Å². The number of methoxy groups -OCH3 is 1. The van der Waals surface area contributed by atoms with Gasteiger partial charge in [-0.15, -0.1) is 0 Å².